The lowest BCUT2D eigenvalue weighted by atomic mass is 10.6. The molecule has 9 heavy (non-hydrogen) atoms. The lowest BCUT2D eigenvalue weighted by Gasteiger charge is -1.98. The predicted molar refractivity (Wildman–Crippen MR) is 35.7 cm³/mol. The van der Waals surface area contributed by atoms with Crippen LogP contribution in [0.4, 0.5) is 0 Å². The van der Waals surface area contributed by atoms with E-state index in [2.05, 4.69) is 9.84 Å². The summed E-state index contributed by atoms with van der Waals surface area (Å²) in [6.07, 6.45) is 0. The fourth-order valence-electron chi connectivity index (χ4n) is 0.387. The highest BCUT2D eigenvalue weighted by Gasteiger charge is 1.88. The summed E-state index contributed by atoms with van der Waals surface area (Å²) in [5.41, 5.74) is 0. The van der Waals surface area contributed by atoms with Crippen LogP contribution in [0.15, 0.2) is 0 Å². The maximum atomic E-state index is 9.90. The van der Waals surface area contributed by atoms with Gasteiger partial charge in [-0.3, -0.25) is 4.57 Å². The average molecular weight is 153 g/mol. The normalized spacial score (nSPS) is 13.6. The molecule has 56 valence electrons. The van der Waals surface area contributed by atoms with Crippen molar-refractivity contribution in [3.05, 3.63) is 0 Å². The van der Waals surface area contributed by atoms with E-state index in [0.29, 0.717) is 13.2 Å². The molecular formula is C4H12NO3P. The van der Waals surface area contributed by atoms with Crippen LogP contribution in [0.3, 0.4) is 0 Å². The first-order valence-electron chi connectivity index (χ1n) is 2.83. The summed E-state index contributed by atoms with van der Waals surface area (Å²) >= 11 is 0. The van der Waals surface area contributed by atoms with Crippen molar-refractivity contribution in [2.75, 3.05) is 19.7 Å². The predicted octanol–water partition coefficient (Wildman–Crippen LogP) is -0.00550. The van der Waals surface area contributed by atoms with Crippen molar-refractivity contribution in [2.24, 2.45) is 0 Å². The number of nitrogens with one attached hydrogen (secondary N) is 1. The Bertz CT molecular complexity index is 87.9. The minimum absolute atomic E-state index is 0.308. The first-order chi connectivity index (χ1) is 4.27. The largest absolute Gasteiger partial charge is 0.326 e. The average Bonchev–Trinajstić information content (AvgIpc) is 1.80. The number of likely N-dealkylation sites (N-methyl/N-ethyl adjacent to an activating group) is 1. The third kappa shape index (κ3) is 8.11. The SMILES string of the molecule is CCNCCO[PH](=O)O. The Morgan fingerprint density at radius 3 is 2.89 bits per heavy atom. The smallest absolute Gasteiger partial charge is 0.316 e. The van der Waals surface area contributed by atoms with Crippen molar-refractivity contribution in [3.8, 4) is 0 Å². The van der Waals surface area contributed by atoms with Gasteiger partial charge in [0.1, 0.15) is 0 Å². The summed E-state index contributed by atoms with van der Waals surface area (Å²) in [6.45, 7) is 3.76. The zero-order chi connectivity index (χ0) is 7.11. The van der Waals surface area contributed by atoms with Crippen LogP contribution in [0.2, 0.25) is 0 Å². The topological polar surface area (TPSA) is 58.6 Å². The Hall–Kier alpha value is 0.110. The summed E-state index contributed by atoms with van der Waals surface area (Å²) in [5.74, 6) is 0. The van der Waals surface area contributed by atoms with Gasteiger partial charge in [0.05, 0.1) is 6.61 Å². The maximum absolute atomic E-state index is 9.90. The molecule has 0 rings (SSSR count). The standard InChI is InChI=1S/C4H12NO3P/c1-2-5-3-4-8-9(6)7/h5,9H,2-4H2,1H3,(H,6,7). The molecule has 4 nitrogen and oxygen atoms in total. The van der Waals surface area contributed by atoms with E-state index >= 15 is 0 Å². The third-order valence-corrected chi connectivity index (χ3v) is 1.21. The Morgan fingerprint density at radius 2 is 2.44 bits per heavy atom. The van der Waals surface area contributed by atoms with Gasteiger partial charge in [0, 0.05) is 6.54 Å². The van der Waals surface area contributed by atoms with Crippen molar-refractivity contribution >= 4 is 8.25 Å². The molecule has 0 radical (unpaired) electrons. The van der Waals surface area contributed by atoms with Crippen LogP contribution in [-0.2, 0) is 9.09 Å². The van der Waals surface area contributed by atoms with E-state index in [4.69, 9.17) is 4.89 Å². The number of hydrogen-bond acceptors (Lipinski definition) is 3. The Labute approximate surface area is 55.2 Å². The van der Waals surface area contributed by atoms with Gasteiger partial charge in [-0.15, -0.1) is 0 Å². The van der Waals surface area contributed by atoms with Crippen molar-refractivity contribution in [1.29, 1.82) is 0 Å². The second-order valence-corrected chi connectivity index (χ2v) is 2.29. The molecule has 0 saturated carbocycles. The van der Waals surface area contributed by atoms with Gasteiger partial charge in [0.15, 0.2) is 0 Å². The third-order valence-electron chi connectivity index (χ3n) is 0.754. The molecule has 1 atom stereocenters. The zero-order valence-corrected chi connectivity index (χ0v) is 6.39. The Morgan fingerprint density at radius 1 is 1.78 bits per heavy atom. The summed E-state index contributed by atoms with van der Waals surface area (Å²) < 4.78 is 14.3. The number of hydrogen-bond donors (Lipinski definition) is 2. The first-order valence-corrected chi connectivity index (χ1v) is 4.10. The summed E-state index contributed by atoms with van der Waals surface area (Å²) in [6, 6.07) is 0. The molecule has 0 aliphatic rings. The minimum Gasteiger partial charge on any atom is -0.326 e. The molecule has 5 heteroatoms. The van der Waals surface area contributed by atoms with Gasteiger partial charge < -0.3 is 14.7 Å². The Balaban J connectivity index is 2.83. The van der Waals surface area contributed by atoms with Gasteiger partial charge in [0.2, 0.25) is 0 Å². The highest BCUT2D eigenvalue weighted by molar-refractivity contribution is 7.32. The minimum atomic E-state index is -2.71. The lowest BCUT2D eigenvalue weighted by Crippen LogP contribution is -2.17. The number of rotatable bonds is 5. The summed E-state index contributed by atoms with van der Waals surface area (Å²) in [4.78, 5) is 8.15. The molecule has 0 spiro atoms. The fourth-order valence-corrected chi connectivity index (χ4v) is 0.664. The van der Waals surface area contributed by atoms with Crippen molar-refractivity contribution in [3.63, 3.8) is 0 Å². The second-order valence-electron chi connectivity index (χ2n) is 1.47. The fraction of sp³-hybridized carbons (Fsp3) is 1.00. The lowest BCUT2D eigenvalue weighted by molar-refractivity contribution is 0.281. The molecule has 2 N–H and O–H groups in total. The van der Waals surface area contributed by atoms with Crippen molar-refractivity contribution in [2.45, 2.75) is 6.92 Å². The van der Waals surface area contributed by atoms with Gasteiger partial charge in [-0.2, -0.15) is 0 Å². The summed E-state index contributed by atoms with van der Waals surface area (Å²) in [7, 11) is -2.71. The molecule has 0 aromatic carbocycles. The molecule has 0 aliphatic carbocycles. The molecule has 0 saturated heterocycles. The van der Waals surface area contributed by atoms with Crippen LogP contribution in [0.25, 0.3) is 0 Å². The molecule has 0 aliphatic heterocycles. The van der Waals surface area contributed by atoms with Gasteiger partial charge in [0.25, 0.3) is 0 Å². The quantitative estimate of drug-likeness (QED) is 0.431. The van der Waals surface area contributed by atoms with E-state index in [0.717, 1.165) is 6.54 Å². The van der Waals surface area contributed by atoms with E-state index in [-0.39, 0.29) is 0 Å². The second kappa shape index (κ2) is 6.23. The van der Waals surface area contributed by atoms with E-state index in [1.807, 2.05) is 6.92 Å². The monoisotopic (exact) mass is 153 g/mol. The molecule has 1 unspecified atom stereocenters. The molecule has 0 aromatic rings. The molecule has 0 amide bonds. The van der Waals surface area contributed by atoms with Gasteiger partial charge in [-0.05, 0) is 6.54 Å². The molecule has 0 aromatic heterocycles. The van der Waals surface area contributed by atoms with E-state index in [9.17, 15) is 4.57 Å². The Kier molecular flexibility index (Phi) is 6.31. The molecule has 0 bridgehead atoms. The highest BCUT2D eigenvalue weighted by Crippen LogP contribution is 2.12. The van der Waals surface area contributed by atoms with E-state index in [1.54, 1.807) is 0 Å². The maximum Gasteiger partial charge on any atom is 0.316 e. The van der Waals surface area contributed by atoms with Crippen LogP contribution < -0.4 is 5.32 Å². The highest BCUT2D eigenvalue weighted by atomic mass is 31.1. The molecule has 0 fully saturated rings. The van der Waals surface area contributed by atoms with Crippen LogP contribution in [0.1, 0.15) is 6.92 Å². The summed E-state index contributed by atoms with van der Waals surface area (Å²) in [5, 5.41) is 2.94. The van der Waals surface area contributed by atoms with Crippen molar-refractivity contribution < 1.29 is 14.0 Å². The van der Waals surface area contributed by atoms with Gasteiger partial charge >= 0.3 is 8.25 Å². The van der Waals surface area contributed by atoms with Crippen LogP contribution in [0.5, 0.6) is 0 Å². The zero-order valence-electron chi connectivity index (χ0n) is 5.39. The van der Waals surface area contributed by atoms with Crippen LogP contribution in [-0.4, -0.2) is 24.6 Å². The molecule has 0 heterocycles. The van der Waals surface area contributed by atoms with Crippen LogP contribution in [0, 0.1) is 0 Å². The van der Waals surface area contributed by atoms with Crippen molar-refractivity contribution in [1.82, 2.24) is 5.32 Å². The first kappa shape index (κ1) is 9.11. The van der Waals surface area contributed by atoms with E-state index in [1.165, 1.54) is 0 Å². The van der Waals surface area contributed by atoms with E-state index < -0.39 is 8.25 Å². The van der Waals surface area contributed by atoms with Gasteiger partial charge in [-0.25, -0.2) is 0 Å². The van der Waals surface area contributed by atoms with Crippen LogP contribution >= 0.6 is 8.25 Å². The molecular weight excluding hydrogens is 141 g/mol. The van der Waals surface area contributed by atoms with Gasteiger partial charge in [-0.1, -0.05) is 6.92 Å².